The number of aryl methyl sites for hydroxylation is 1. The molecule has 1 aliphatic heterocycles. The molecule has 2 unspecified atom stereocenters. The smallest absolute Gasteiger partial charge is 0.237 e. The number of halogens is 1. The molecule has 1 heterocycles. The molecule has 2 amide bonds. The molecule has 1 saturated heterocycles. The van der Waals surface area contributed by atoms with E-state index in [0.717, 1.165) is 47.8 Å². The number of benzene rings is 1. The van der Waals surface area contributed by atoms with Gasteiger partial charge in [-0.1, -0.05) is 35.7 Å². The molecule has 1 aromatic rings. The zero-order chi connectivity index (χ0) is 14.3. The summed E-state index contributed by atoms with van der Waals surface area (Å²) in [4.78, 5) is 26.6. The van der Waals surface area contributed by atoms with Gasteiger partial charge in [-0.2, -0.15) is 0 Å². The van der Waals surface area contributed by atoms with Gasteiger partial charge in [0.05, 0.1) is 17.5 Å². The van der Waals surface area contributed by atoms with Crippen LogP contribution in [-0.4, -0.2) is 11.8 Å². The molecule has 1 aromatic carbocycles. The third-order valence-electron chi connectivity index (χ3n) is 4.50. The predicted octanol–water partition coefficient (Wildman–Crippen LogP) is 3.69. The molecule has 4 heteroatoms. The van der Waals surface area contributed by atoms with Crippen molar-refractivity contribution in [3.8, 4) is 0 Å². The van der Waals surface area contributed by atoms with Crippen LogP contribution in [0.25, 0.3) is 0 Å². The summed E-state index contributed by atoms with van der Waals surface area (Å²) in [5.74, 6) is -0.136. The minimum absolute atomic E-state index is 0.0109. The van der Waals surface area contributed by atoms with Crippen molar-refractivity contribution in [2.45, 2.75) is 39.0 Å². The molecule has 0 N–H and O–H groups in total. The lowest BCUT2D eigenvalue weighted by Crippen LogP contribution is -2.31. The molecule has 1 aliphatic carbocycles. The Labute approximate surface area is 127 Å². The zero-order valence-corrected chi connectivity index (χ0v) is 13.1. The highest BCUT2D eigenvalue weighted by Crippen LogP contribution is 2.41. The fraction of sp³-hybridized carbons (Fsp3) is 0.500. The molecular weight excluding hydrogens is 318 g/mol. The van der Waals surface area contributed by atoms with Crippen LogP contribution in [0.3, 0.4) is 0 Å². The van der Waals surface area contributed by atoms with Gasteiger partial charge in [0.1, 0.15) is 0 Å². The van der Waals surface area contributed by atoms with Gasteiger partial charge in [-0.25, -0.2) is 4.90 Å². The SMILES string of the molecule is CCc1cc(Br)ccc1N1C(=O)C2CCCCC2C1=O. The summed E-state index contributed by atoms with van der Waals surface area (Å²) in [6, 6.07) is 5.78. The normalized spacial score (nSPS) is 26.0. The Morgan fingerprint density at radius 3 is 2.30 bits per heavy atom. The number of rotatable bonds is 2. The van der Waals surface area contributed by atoms with E-state index in [4.69, 9.17) is 0 Å². The maximum atomic E-state index is 12.6. The first kappa shape index (κ1) is 13.8. The molecular formula is C16H18BrNO2. The lowest BCUT2D eigenvalue weighted by Gasteiger charge is -2.19. The quantitative estimate of drug-likeness (QED) is 0.773. The van der Waals surface area contributed by atoms with E-state index in [0.29, 0.717) is 0 Å². The highest BCUT2D eigenvalue weighted by atomic mass is 79.9. The maximum absolute atomic E-state index is 12.6. The van der Waals surface area contributed by atoms with Crippen molar-refractivity contribution in [1.29, 1.82) is 0 Å². The summed E-state index contributed by atoms with van der Waals surface area (Å²) < 4.78 is 0.981. The second-order valence-corrected chi connectivity index (χ2v) is 6.55. The highest BCUT2D eigenvalue weighted by Gasteiger charge is 2.49. The summed E-state index contributed by atoms with van der Waals surface area (Å²) in [6.07, 6.45) is 4.67. The number of anilines is 1. The largest absolute Gasteiger partial charge is 0.274 e. The third kappa shape index (κ3) is 2.10. The Morgan fingerprint density at radius 1 is 1.15 bits per heavy atom. The number of nitrogens with zero attached hydrogens (tertiary/aromatic N) is 1. The fourth-order valence-electron chi connectivity index (χ4n) is 3.46. The second-order valence-electron chi connectivity index (χ2n) is 5.64. The topological polar surface area (TPSA) is 37.4 Å². The lowest BCUT2D eigenvalue weighted by molar-refractivity contribution is -0.122. The lowest BCUT2D eigenvalue weighted by atomic mass is 9.81. The van der Waals surface area contributed by atoms with Gasteiger partial charge in [-0.3, -0.25) is 9.59 Å². The molecule has 0 bridgehead atoms. The number of imide groups is 1. The standard InChI is InChI=1S/C16H18BrNO2/c1-2-10-9-11(17)7-8-14(10)18-15(19)12-5-3-4-6-13(12)16(18)20/h7-9,12-13H,2-6H2,1H3. The van der Waals surface area contributed by atoms with Gasteiger partial charge in [0.2, 0.25) is 11.8 Å². The summed E-state index contributed by atoms with van der Waals surface area (Å²) >= 11 is 3.45. The summed E-state index contributed by atoms with van der Waals surface area (Å²) in [7, 11) is 0. The van der Waals surface area contributed by atoms with Crippen LogP contribution in [0.1, 0.15) is 38.2 Å². The highest BCUT2D eigenvalue weighted by molar-refractivity contribution is 9.10. The first-order valence-corrected chi connectivity index (χ1v) is 8.09. The van der Waals surface area contributed by atoms with Gasteiger partial charge in [-0.05, 0) is 43.0 Å². The van der Waals surface area contributed by atoms with Crippen LogP contribution in [0, 0.1) is 11.8 Å². The second kappa shape index (κ2) is 5.32. The van der Waals surface area contributed by atoms with Gasteiger partial charge in [0.25, 0.3) is 0 Å². The molecule has 1 saturated carbocycles. The van der Waals surface area contributed by atoms with Crippen LogP contribution in [-0.2, 0) is 16.0 Å². The Kier molecular flexibility index (Phi) is 3.67. The van der Waals surface area contributed by atoms with Gasteiger partial charge >= 0.3 is 0 Å². The number of carbonyl (C=O) groups is 2. The van der Waals surface area contributed by atoms with E-state index < -0.39 is 0 Å². The molecule has 20 heavy (non-hydrogen) atoms. The molecule has 2 atom stereocenters. The van der Waals surface area contributed by atoms with Crippen molar-refractivity contribution >= 4 is 33.4 Å². The van der Waals surface area contributed by atoms with Crippen molar-refractivity contribution in [3.63, 3.8) is 0 Å². The predicted molar refractivity (Wildman–Crippen MR) is 81.5 cm³/mol. The molecule has 2 fully saturated rings. The van der Waals surface area contributed by atoms with Crippen molar-refractivity contribution in [1.82, 2.24) is 0 Å². The van der Waals surface area contributed by atoms with Crippen molar-refractivity contribution < 1.29 is 9.59 Å². The van der Waals surface area contributed by atoms with Crippen molar-refractivity contribution in [2.24, 2.45) is 11.8 Å². The van der Waals surface area contributed by atoms with Crippen LogP contribution in [0.2, 0.25) is 0 Å². The number of amides is 2. The first-order valence-electron chi connectivity index (χ1n) is 7.29. The van der Waals surface area contributed by atoms with Gasteiger partial charge in [0, 0.05) is 4.47 Å². The van der Waals surface area contributed by atoms with E-state index in [1.54, 1.807) is 0 Å². The molecule has 3 nitrogen and oxygen atoms in total. The minimum atomic E-state index is -0.0791. The zero-order valence-electron chi connectivity index (χ0n) is 11.6. The summed E-state index contributed by atoms with van der Waals surface area (Å²) in [6.45, 7) is 2.04. The van der Waals surface area contributed by atoms with E-state index in [2.05, 4.69) is 15.9 Å². The van der Waals surface area contributed by atoms with E-state index in [1.165, 1.54) is 4.90 Å². The average molecular weight is 336 g/mol. The molecule has 0 aromatic heterocycles. The molecule has 3 rings (SSSR count). The fourth-order valence-corrected chi connectivity index (χ4v) is 3.86. The number of carbonyl (C=O) groups excluding carboxylic acids is 2. The Hall–Kier alpha value is -1.16. The summed E-state index contributed by atoms with van der Waals surface area (Å²) in [5, 5.41) is 0. The first-order chi connectivity index (χ1) is 9.63. The molecule has 2 aliphatic rings. The monoisotopic (exact) mass is 335 g/mol. The van der Waals surface area contributed by atoms with Crippen LogP contribution in [0.4, 0.5) is 5.69 Å². The molecule has 0 radical (unpaired) electrons. The third-order valence-corrected chi connectivity index (χ3v) is 5.00. The number of hydrogen-bond donors (Lipinski definition) is 0. The summed E-state index contributed by atoms with van der Waals surface area (Å²) in [5.41, 5.74) is 1.82. The van der Waals surface area contributed by atoms with Gasteiger partial charge in [0.15, 0.2) is 0 Å². The molecule has 106 valence electrons. The maximum Gasteiger partial charge on any atom is 0.237 e. The van der Waals surface area contributed by atoms with Gasteiger partial charge in [-0.15, -0.1) is 0 Å². The Balaban J connectivity index is 2.01. The van der Waals surface area contributed by atoms with E-state index >= 15 is 0 Å². The van der Waals surface area contributed by atoms with Crippen molar-refractivity contribution in [3.05, 3.63) is 28.2 Å². The Bertz CT molecular complexity index is 546. The van der Waals surface area contributed by atoms with E-state index in [1.807, 2.05) is 25.1 Å². The van der Waals surface area contributed by atoms with E-state index in [-0.39, 0.29) is 23.7 Å². The van der Waals surface area contributed by atoms with Crippen molar-refractivity contribution in [2.75, 3.05) is 4.90 Å². The molecule has 0 spiro atoms. The number of hydrogen-bond acceptors (Lipinski definition) is 2. The van der Waals surface area contributed by atoms with Crippen LogP contribution in [0.15, 0.2) is 22.7 Å². The minimum Gasteiger partial charge on any atom is -0.274 e. The van der Waals surface area contributed by atoms with Crippen LogP contribution < -0.4 is 4.90 Å². The van der Waals surface area contributed by atoms with Crippen LogP contribution in [0.5, 0.6) is 0 Å². The van der Waals surface area contributed by atoms with Gasteiger partial charge < -0.3 is 0 Å². The number of fused-ring (bicyclic) bond motifs is 1. The Morgan fingerprint density at radius 2 is 1.75 bits per heavy atom. The van der Waals surface area contributed by atoms with Crippen LogP contribution >= 0.6 is 15.9 Å². The van der Waals surface area contributed by atoms with E-state index in [9.17, 15) is 9.59 Å². The average Bonchev–Trinajstić information content (AvgIpc) is 2.72.